The van der Waals surface area contributed by atoms with Gasteiger partial charge in [-0.25, -0.2) is 0 Å². The van der Waals surface area contributed by atoms with Crippen LogP contribution in [-0.4, -0.2) is 13.4 Å². The lowest BCUT2D eigenvalue weighted by Gasteiger charge is -2.37. The van der Waals surface area contributed by atoms with Crippen molar-refractivity contribution in [3.63, 3.8) is 0 Å². The van der Waals surface area contributed by atoms with Gasteiger partial charge in [0.15, 0.2) is 0 Å². The van der Waals surface area contributed by atoms with Crippen molar-refractivity contribution in [2.24, 2.45) is 0 Å². The SMILES string of the molecule is CC(C)(C)[Si](C)(C)CCCCBr. The second-order valence-corrected chi connectivity index (χ2v) is 11.8. The Balaban J connectivity index is 3.88. The first kappa shape index (κ1) is 12.7. The lowest BCUT2D eigenvalue weighted by molar-refractivity contribution is 0.702. The van der Waals surface area contributed by atoms with E-state index in [1.54, 1.807) is 0 Å². The first-order valence-corrected chi connectivity index (χ1v) is 9.20. The van der Waals surface area contributed by atoms with Crippen molar-refractivity contribution in [2.75, 3.05) is 5.33 Å². The van der Waals surface area contributed by atoms with Crippen LogP contribution in [-0.2, 0) is 0 Å². The molecule has 74 valence electrons. The van der Waals surface area contributed by atoms with Crippen LogP contribution in [0.4, 0.5) is 0 Å². The Hall–Kier alpha value is 0.697. The molecule has 0 saturated heterocycles. The second kappa shape index (κ2) is 4.80. The summed E-state index contributed by atoms with van der Waals surface area (Å²) in [7, 11) is -0.963. The molecule has 12 heavy (non-hydrogen) atoms. The molecule has 0 aliphatic rings. The molecule has 0 aromatic rings. The van der Waals surface area contributed by atoms with Gasteiger partial charge in [0.05, 0.1) is 8.07 Å². The molecule has 0 aromatic heterocycles. The Bertz CT molecular complexity index is 124. The molecule has 0 atom stereocenters. The standard InChI is InChI=1S/C10H23BrSi/c1-10(2,3)12(4,5)9-7-6-8-11/h6-9H2,1-5H3. The molecule has 0 aliphatic carbocycles. The van der Waals surface area contributed by atoms with Crippen molar-refractivity contribution < 1.29 is 0 Å². The number of rotatable bonds is 4. The van der Waals surface area contributed by atoms with Gasteiger partial charge in [-0.15, -0.1) is 0 Å². The monoisotopic (exact) mass is 250 g/mol. The molecule has 0 rings (SSSR count). The van der Waals surface area contributed by atoms with Gasteiger partial charge in [0.1, 0.15) is 0 Å². The van der Waals surface area contributed by atoms with Gasteiger partial charge in [-0.3, -0.25) is 0 Å². The van der Waals surface area contributed by atoms with E-state index in [-0.39, 0.29) is 0 Å². The van der Waals surface area contributed by atoms with E-state index in [0.717, 1.165) is 0 Å². The van der Waals surface area contributed by atoms with Gasteiger partial charge in [0, 0.05) is 5.33 Å². The van der Waals surface area contributed by atoms with E-state index in [1.807, 2.05) is 0 Å². The maximum atomic E-state index is 3.48. The van der Waals surface area contributed by atoms with E-state index < -0.39 is 8.07 Å². The fraction of sp³-hybridized carbons (Fsp3) is 1.00. The van der Waals surface area contributed by atoms with Crippen LogP contribution in [0.3, 0.4) is 0 Å². The smallest absolute Gasteiger partial charge is 0.0527 e. The van der Waals surface area contributed by atoms with Crippen molar-refractivity contribution in [3.05, 3.63) is 0 Å². The summed E-state index contributed by atoms with van der Waals surface area (Å²) >= 11 is 3.48. The zero-order valence-corrected chi connectivity index (χ0v) is 11.8. The van der Waals surface area contributed by atoms with Gasteiger partial charge >= 0.3 is 0 Å². The van der Waals surface area contributed by atoms with Crippen molar-refractivity contribution in [1.82, 2.24) is 0 Å². The molecule has 0 amide bonds. The van der Waals surface area contributed by atoms with Gasteiger partial charge in [0.25, 0.3) is 0 Å². The largest absolute Gasteiger partial charge is 0.0928 e. The topological polar surface area (TPSA) is 0 Å². The van der Waals surface area contributed by atoms with Crippen LogP contribution in [0, 0.1) is 0 Å². The number of alkyl halides is 1. The molecule has 0 heterocycles. The number of hydrogen-bond donors (Lipinski definition) is 0. The predicted molar refractivity (Wildman–Crippen MR) is 65.0 cm³/mol. The van der Waals surface area contributed by atoms with Crippen LogP contribution in [0.1, 0.15) is 33.6 Å². The van der Waals surface area contributed by atoms with Crippen LogP contribution in [0.2, 0.25) is 24.2 Å². The van der Waals surface area contributed by atoms with E-state index >= 15 is 0 Å². The Kier molecular flexibility index (Phi) is 5.08. The zero-order chi connectivity index (χ0) is 9.83. The third kappa shape index (κ3) is 4.08. The molecule has 0 spiro atoms. The van der Waals surface area contributed by atoms with Gasteiger partial charge in [-0.1, -0.05) is 62.3 Å². The summed E-state index contributed by atoms with van der Waals surface area (Å²) < 4.78 is 0. The molecule has 0 fully saturated rings. The third-order valence-electron chi connectivity index (χ3n) is 3.22. The molecule has 0 radical (unpaired) electrons. The van der Waals surface area contributed by atoms with Crippen LogP contribution >= 0.6 is 15.9 Å². The second-order valence-electron chi connectivity index (χ2n) is 5.28. The summed E-state index contributed by atoms with van der Waals surface area (Å²) in [6.45, 7) is 12.2. The first-order valence-electron chi connectivity index (χ1n) is 4.87. The highest BCUT2D eigenvalue weighted by Crippen LogP contribution is 2.39. The third-order valence-corrected chi connectivity index (χ3v) is 9.44. The minimum absolute atomic E-state index is 0.569. The van der Waals surface area contributed by atoms with E-state index in [1.165, 1.54) is 24.2 Å². The van der Waals surface area contributed by atoms with Crippen molar-refractivity contribution in [1.29, 1.82) is 0 Å². The highest BCUT2D eigenvalue weighted by atomic mass is 79.9. The first-order chi connectivity index (χ1) is 5.31. The molecule has 0 unspecified atom stereocenters. The van der Waals surface area contributed by atoms with Crippen molar-refractivity contribution in [2.45, 2.75) is 57.8 Å². The highest BCUT2D eigenvalue weighted by molar-refractivity contribution is 9.09. The van der Waals surface area contributed by atoms with Crippen LogP contribution < -0.4 is 0 Å². The lowest BCUT2D eigenvalue weighted by Crippen LogP contribution is -2.36. The van der Waals surface area contributed by atoms with Crippen molar-refractivity contribution >= 4 is 24.0 Å². The molecule has 0 nitrogen and oxygen atoms in total. The minimum atomic E-state index is -0.963. The molecule has 0 saturated carbocycles. The quantitative estimate of drug-likeness (QED) is 0.387. The molecular formula is C10H23BrSi. The molecule has 0 N–H and O–H groups in total. The van der Waals surface area contributed by atoms with Crippen LogP contribution in [0.5, 0.6) is 0 Å². The Morgan fingerprint density at radius 3 is 1.92 bits per heavy atom. The maximum absolute atomic E-state index is 3.48. The summed E-state index contributed by atoms with van der Waals surface area (Å²) in [5.41, 5.74) is 0. The van der Waals surface area contributed by atoms with Gasteiger partial charge in [-0.2, -0.15) is 0 Å². The number of hydrogen-bond acceptors (Lipinski definition) is 0. The fourth-order valence-electron chi connectivity index (χ4n) is 1.04. The summed E-state index contributed by atoms with van der Waals surface area (Å²) in [6.07, 6.45) is 2.74. The van der Waals surface area contributed by atoms with Gasteiger partial charge < -0.3 is 0 Å². The molecular weight excluding hydrogens is 228 g/mol. The molecule has 0 aliphatic heterocycles. The number of unbranched alkanes of at least 4 members (excludes halogenated alkanes) is 1. The lowest BCUT2D eigenvalue weighted by atomic mass is 10.2. The number of halogens is 1. The zero-order valence-electron chi connectivity index (χ0n) is 9.21. The van der Waals surface area contributed by atoms with Crippen LogP contribution in [0.25, 0.3) is 0 Å². The fourth-order valence-corrected chi connectivity index (χ4v) is 3.32. The van der Waals surface area contributed by atoms with Gasteiger partial charge in [0.2, 0.25) is 0 Å². The normalized spacial score (nSPS) is 13.5. The Morgan fingerprint density at radius 1 is 1.08 bits per heavy atom. The summed E-state index contributed by atoms with van der Waals surface area (Å²) in [5.74, 6) is 0. The Labute approximate surface area is 87.3 Å². The molecule has 0 aromatic carbocycles. The van der Waals surface area contributed by atoms with E-state index in [2.05, 4.69) is 49.8 Å². The van der Waals surface area contributed by atoms with Crippen LogP contribution in [0.15, 0.2) is 0 Å². The van der Waals surface area contributed by atoms with E-state index in [9.17, 15) is 0 Å². The van der Waals surface area contributed by atoms with Crippen molar-refractivity contribution in [3.8, 4) is 0 Å². The average Bonchev–Trinajstić information content (AvgIpc) is 1.85. The van der Waals surface area contributed by atoms with E-state index in [0.29, 0.717) is 5.04 Å². The maximum Gasteiger partial charge on any atom is 0.0527 e. The minimum Gasteiger partial charge on any atom is -0.0928 e. The summed E-state index contributed by atoms with van der Waals surface area (Å²) in [5, 5.41) is 1.74. The molecule has 2 heteroatoms. The summed E-state index contributed by atoms with van der Waals surface area (Å²) in [6, 6.07) is 1.47. The highest BCUT2D eigenvalue weighted by Gasteiger charge is 2.33. The van der Waals surface area contributed by atoms with E-state index in [4.69, 9.17) is 0 Å². The predicted octanol–water partition coefficient (Wildman–Crippen LogP) is 4.67. The summed E-state index contributed by atoms with van der Waals surface area (Å²) in [4.78, 5) is 0. The Morgan fingerprint density at radius 2 is 1.58 bits per heavy atom. The average molecular weight is 251 g/mol. The van der Waals surface area contributed by atoms with Gasteiger partial charge in [-0.05, 0) is 11.5 Å². The molecule has 0 bridgehead atoms.